The second-order valence-electron chi connectivity index (χ2n) is 8.95. The van der Waals surface area contributed by atoms with Gasteiger partial charge in [0.15, 0.2) is 5.82 Å². The van der Waals surface area contributed by atoms with Crippen LogP contribution < -0.4 is 0 Å². The van der Waals surface area contributed by atoms with Crippen molar-refractivity contribution in [1.29, 1.82) is 0 Å². The van der Waals surface area contributed by atoms with E-state index in [1.54, 1.807) is 12.4 Å². The fourth-order valence-electron chi connectivity index (χ4n) is 3.40. The molecule has 0 fully saturated rings. The fourth-order valence-corrected chi connectivity index (χ4v) is 3.40. The molecule has 0 aliphatic rings. The molecule has 0 atom stereocenters. The zero-order valence-corrected chi connectivity index (χ0v) is 20.7. The number of allylic oxidation sites excluding steroid dienone is 1. The smallest absolute Gasteiger partial charge is 0.236 e. The molecule has 0 saturated heterocycles. The van der Waals surface area contributed by atoms with E-state index in [-0.39, 0.29) is 17.5 Å². The number of nitrogens with zero attached hydrogens (tertiary/aromatic N) is 2. The van der Waals surface area contributed by atoms with Crippen LogP contribution in [-0.4, -0.2) is 45.8 Å². The van der Waals surface area contributed by atoms with E-state index in [0.29, 0.717) is 5.56 Å². The molecule has 2 rings (SSSR count). The van der Waals surface area contributed by atoms with Gasteiger partial charge in [-0.1, -0.05) is 62.9 Å². The topological polar surface area (TPSA) is 25.8 Å². The van der Waals surface area contributed by atoms with Crippen LogP contribution in [0, 0.1) is 0 Å². The van der Waals surface area contributed by atoms with E-state index in [9.17, 15) is 57.1 Å². The van der Waals surface area contributed by atoms with Crippen LogP contribution in [0.15, 0.2) is 42.7 Å². The van der Waals surface area contributed by atoms with Crippen molar-refractivity contribution in [2.45, 2.75) is 81.2 Å². The van der Waals surface area contributed by atoms with Crippen LogP contribution in [-0.2, 0) is 6.42 Å². The molecule has 0 radical (unpaired) electrons. The van der Waals surface area contributed by atoms with Crippen LogP contribution in [0.2, 0.25) is 0 Å². The molecule has 1 aromatic carbocycles. The van der Waals surface area contributed by atoms with Crippen LogP contribution in [0.4, 0.5) is 57.1 Å². The third-order valence-corrected chi connectivity index (χ3v) is 5.89. The Bertz CT molecular complexity index is 1120. The molecular formula is C25H23F13N2. The maximum atomic E-state index is 13.9. The maximum absolute atomic E-state index is 13.9. The zero-order valence-electron chi connectivity index (χ0n) is 20.7. The first-order valence-corrected chi connectivity index (χ1v) is 11.8. The summed E-state index contributed by atoms with van der Waals surface area (Å²) in [7, 11) is 0. The number of halogens is 13. The Labute approximate surface area is 220 Å². The molecular weight excluding hydrogens is 575 g/mol. The number of benzene rings is 1. The first kappa shape index (κ1) is 33.3. The highest BCUT2D eigenvalue weighted by Crippen LogP contribution is 2.60. The van der Waals surface area contributed by atoms with Gasteiger partial charge >= 0.3 is 35.8 Å². The van der Waals surface area contributed by atoms with Crippen LogP contribution >= 0.6 is 0 Å². The molecule has 0 N–H and O–H groups in total. The lowest BCUT2D eigenvalue weighted by molar-refractivity contribution is -0.436. The molecule has 40 heavy (non-hydrogen) atoms. The second kappa shape index (κ2) is 11.9. The quantitative estimate of drug-likeness (QED) is 0.170. The van der Waals surface area contributed by atoms with Crippen molar-refractivity contribution in [1.82, 2.24) is 9.97 Å². The lowest BCUT2D eigenvalue weighted by atomic mass is 9.93. The molecule has 15 heteroatoms. The van der Waals surface area contributed by atoms with Gasteiger partial charge in [-0.05, 0) is 30.0 Å². The first-order chi connectivity index (χ1) is 18.2. The summed E-state index contributed by atoms with van der Waals surface area (Å²) < 4.78 is 172. The number of hydrogen-bond donors (Lipinski definition) is 0. The van der Waals surface area contributed by atoms with Crippen molar-refractivity contribution in [3.63, 3.8) is 0 Å². The lowest BCUT2D eigenvalue weighted by Gasteiger charge is -2.39. The van der Waals surface area contributed by atoms with Crippen LogP contribution in [0.1, 0.15) is 50.2 Å². The van der Waals surface area contributed by atoms with Crippen LogP contribution in [0.3, 0.4) is 0 Å². The van der Waals surface area contributed by atoms with Gasteiger partial charge in [0.1, 0.15) is 0 Å². The fraction of sp³-hybridized carbons (Fsp3) is 0.520. The second-order valence-corrected chi connectivity index (χ2v) is 8.95. The molecule has 0 unspecified atom stereocenters. The molecule has 2 nitrogen and oxygen atoms in total. The monoisotopic (exact) mass is 598 g/mol. The molecule has 2 aromatic rings. The first-order valence-electron chi connectivity index (χ1n) is 11.8. The average molecular weight is 598 g/mol. The zero-order chi connectivity index (χ0) is 30.6. The Morgan fingerprint density at radius 3 is 1.62 bits per heavy atom. The van der Waals surface area contributed by atoms with Gasteiger partial charge in [0.25, 0.3) is 0 Å². The van der Waals surface area contributed by atoms with Gasteiger partial charge in [-0.25, -0.2) is 9.97 Å². The molecule has 0 bridgehead atoms. The molecule has 0 aliphatic carbocycles. The van der Waals surface area contributed by atoms with E-state index in [0.717, 1.165) is 56.2 Å². The third-order valence-electron chi connectivity index (χ3n) is 5.89. The summed E-state index contributed by atoms with van der Waals surface area (Å²) in [5, 5.41) is 0. The van der Waals surface area contributed by atoms with E-state index in [2.05, 4.69) is 16.9 Å². The van der Waals surface area contributed by atoms with E-state index in [4.69, 9.17) is 0 Å². The summed E-state index contributed by atoms with van der Waals surface area (Å²) in [6.07, 6.45) is 0.813. The standard InChI is InChI=1S/C25H23F13N2/c1-2-3-4-5-6-7-17-14-39-19(40-15-17)18-10-8-16(9-11-18)12-13-20(26,27)21(28,29)22(30,31)23(32,33)24(34,35)25(36,37)38/h8-15H,2-7H2,1H3. The minimum absolute atomic E-state index is 0.0797. The Kier molecular flexibility index (Phi) is 9.94. The van der Waals surface area contributed by atoms with E-state index >= 15 is 0 Å². The van der Waals surface area contributed by atoms with E-state index < -0.39 is 41.9 Å². The lowest BCUT2D eigenvalue weighted by Crippen LogP contribution is -2.69. The van der Waals surface area contributed by atoms with E-state index in [1.807, 2.05) is 0 Å². The molecule has 0 spiro atoms. The molecule has 0 amide bonds. The van der Waals surface area contributed by atoms with Crippen molar-refractivity contribution in [3.8, 4) is 11.4 Å². The summed E-state index contributed by atoms with van der Waals surface area (Å²) in [5.41, 5.74) is 0.821. The van der Waals surface area contributed by atoms with Crippen molar-refractivity contribution in [3.05, 3.63) is 53.9 Å². The highest BCUT2D eigenvalue weighted by atomic mass is 19.4. The van der Waals surface area contributed by atoms with E-state index in [1.165, 1.54) is 12.1 Å². The van der Waals surface area contributed by atoms with Crippen molar-refractivity contribution >= 4 is 6.08 Å². The predicted molar refractivity (Wildman–Crippen MR) is 120 cm³/mol. The average Bonchev–Trinajstić information content (AvgIpc) is 2.87. The molecule has 1 heterocycles. The Morgan fingerprint density at radius 2 is 1.12 bits per heavy atom. The van der Waals surface area contributed by atoms with Gasteiger partial charge in [-0.3, -0.25) is 0 Å². The number of aromatic nitrogens is 2. The predicted octanol–water partition coefficient (Wildman–Crippen LogP) is 9.41. The van der Waals surface area contributed by atoms with Crippen LogP contribution in [0.5, 0.6) is 0 Å². The minimum Gasteiger partial charge on any atom is -0.236 e. The van der Waals surface area contributed by atoms with Crippen molar-refractivity contribution < 1.29 is 57.1 Å². The number of unbranched alkanes of at least 4 members (excludes halogenated alkanes) is 4. The Hall–Kier alpha value is -2.87. The highest BCUT2D eigenvalue weighted by Gasteiger charge is 2.90. The van der Waals surface area contributed by atoms with Gasteiger partial charge < -0.3 is 0 Å². The number of rotatable bonds is 13. The van der Waals surface area contributed by atoms with Crippen LogP contribution in [0.25, 0.3) is 17.5 Å². The summed E-state index contributed by atoms with van der Waals surface area (Å²) in [6, 6.07) is 4.47. The van der Waals surface area contributed by atoms with Gasteiger partial charge in [-0.15, -0.1) is 0 Å². The summed E-state index contributed by atoms with van der Waals surface area (Å²) >= 11 is 0. The summed E-state index contributed by atoms with van der Waals surface area (Å²) in [6.45, 7) is 2.09. The third kappa shape index (κ3) is 6.54. The number of hydrogen-bond acceptors (Lipinski definition) is 2. The molecule has 224 valence electrons. The number of alkyl halides is 13. The number of aryl methyl sites for hydroxylation is 1. The normalized spacial score (nSPS) is 14.2. The summed E-state index contributed by atoms with van der Waals surface area (Å²) in [4.78, 5) is 8.31. The SMILES string of the molecule is CCCCCCCc1cnc(-c2ccc(C=CC(F)(F)C(F)(F)C(F)(F)C(F)(F)C(F)(F)C(F)(F)F)cc2)nc1. The highest BCUT2D eigenvalue weighted by molar-refractivity contribution is 5.60. The summed E-state index contributed by atoms with van der Waals surface area (Å²) in [5.74, 6) is -37.0. The van der Waals surface area contributed by atoms with Crippen molar-refractivity contribution in [2.75, 3.05) is 0 Å². The molecule has 0 saturated carbocycles. The van der Waals surface area contributed by atoms with Gasteiger partial charge in [0, 0.05) is 18.0 Å². The minimum atomic E-state index is -7.93. The Morgan fingerprint density at radius 1 is 0.625 bits per heavy atom. The van der Waals surface area contributed by atoms with Gasteiger partial charge in [0.05, 0.1) is 0 Å². The largest absolute Gasteiger partial charge is 0.460 e. The van der Waals surface area contributed by atoms with Gasteiger partial charge in [0.2, 0.25) is 0 Å². The Balaban J connectivity index is 2.18. The van der Waals surface area contributed by atoms with Crippen molar-refractivity contribution in [2.24, 2.45) is 0 Å². The maximum Gasteiger partial charge on any atom is 0.460 e. The molecule has 1 aromatic heterocycles. The van der Waals surface area contributed by atoms with Gasteiger partial charge in [-0.2, -0.15) is 57.1 Å². The molecule has 0 aliphatic heterocycles.